The van der Waals surface area contributed by atoms with Crippen LogP contribution in [0.2, 0.25) is 5.02 Å². The van der Waals surface area contributed by atoms with Crippen LogP contribution < -0.4 is 9.47 Å². The summed E-state index contributed by atoms with van der Waals surface area (Å²) < 4.78 is 20.2. The van der Waals surface area contributed by atoms with Crippen LogP contribution in [0.4, 0.5) is 0 Å². The monoisotopic (exact) mass is 510 g/mol. The van der Waals surface area contributed by atoms with E-state index in [1.54, 1.807) is 14.2 Å². The Labute approximate surface area is 216 Å². The summed E-state index contributed by atoms with van der Waals surface area (Å²) in [5.41, 5.74) is 2.49. The predicted molar refractivity (Wildman–Crippen MR) is 136 cm³/mol. The van der Waals surface area contributed by atoms with Crippen LogP contribution in [0.3, 0.4) is 0 Å². The highest BCUT2D eigenvalue weighted by Crippen LogP contribution is 2.46. The number of ether oxygens (including phenoxy) is 3. The quantitative estimate of drug-likeness (QED) is 0.451. The topological polar surface area (TPSA) is 78.7 Å². The Hall–Kier alpha value is -3.10. The fourth-order valence-corrected chi connectivity index (χ4v) is 5.31. The zero-order valence-electron chi connectivity index (χ0n) is 21.0. The average Bonchev–Trinajstić information content (AvgIpc) is 3.55. The van der Waals surface area contributed by atoms with E-state index in [9.17, 15) is 4.79 Å². The van der Waals surface area contributed by atoms with Crippen molar-refractivity contribution in [2.45, 2.75) is 51.2 Å². The van der Waals surface area contributed by atoms with Gasteiger partial charge in [-0.1, -0.05) is 37.6 Å². The first-order valence-electron chi connectivity index (χ1n) is 12.3. The van der Waals surface area contributed by atoms with Crippen LogP contribution in [0.15, 0.2) is 36.4 Å². The summed E-state index contributed by atoms with van der Waals surface area (Å²) in [6.45, 7) is 5.70. The summed E-state index contributed by atoms with van der Waals surface area (Å²) in [5, 5.41) is 9.64. The zero-order chi connectivity index (χ0) is 25.4. The van der Waals surface area contributed by atoms with Crippen LogP contribution in [0.1, 0.15) is 74.0 Å². The van der Waals surface area contributed by atoms with Crippen molar-refractivity contribution >= 4 is 17.5 Å². The number of para-hydroxylation sites is 1. The van der Waals surface area contributed by atoms with Crippen LogP contribution in [0, 0.1) is 0 Å². The van der Waals surface area contributed by atoms with Crippen molar-refractivity contribution in [3.05, 3.63) is 64.2 Å². The second-order valence-electron chi connectivity index (χ2n) is 9.49. The van der Waals surface area contributed by atoms with E-state index in [-0.39, 0.29) is 18.2 Å². The van der Waals surface area contributed by atoms with E-state index >= 15 is 0 Å². The molecule has 2 aliphatic heterocycles. The van der Waals surface area contributed by atoms with Gasteiger partial charge in [0.25, 0.3) is 0 Å². The molecule has 1 fully saturated rings. The van der Waals surface area contributed by atoms with Gasteiger partial charge in [-0.15, -0.1) is 10.2 Å². The average molecular weight is 511 g/mol. The molecule has 9 heteroatoms. The molecule has 0 saturated carbocycles. The van der Waals surface area contributed by atoms with Gasteiger partial charge in [-0.05, 0) is 37.1 Å². The molecule has 0 radical (unpaired) electrons. The Morgan fingerprint density at radius 2 is 1.89 bits per heavy atom. The lowest BCUT2D eigenvalue weighted by atomic mass is 9.98. The number of fused-ring (bicyclic) bond motifs is 3. The second kappa shape index (κ2) is 10.1. The molecule has 2 aromatic carbocycles. The van der Waals surface area contributed by atoms with Gasteiger partial charge >= 0.3 is 0 Å². The SMILES string of the molecule is COc1cccc(C2OC(CC(=O)N3CCCC3)c3nnc(C(C)C)n3-c3ccc(Cl)cc32)c1OC. The summed E-state index contributed by atoms with van der Waals surface area (Å²) in [5.74, 6) is 2.74. The highest BCUT2D eigenvalue weighted by molar-refractivity contribution is 6.30. The second-order valence-corrected chi connectivity index (χ2v) is 9.93. The van der Waals surface area contributed by atoms with Gasteiger partial charge in [0.1, 0.15) is 18.0 Å². The van der Waals surface area contributed by atoms with Gasteiger partial charge in [-0.25, -0.2) is 0 Å². The highest BCUT2D eigenvalue weighted by Gasteiger charge is 2.37. The van der Waals surface area contributed by atoms with Gasteiger partial charge in [0, 0.05) is 35.2 Å². The van der Waals surface area contributed by atoms with E-state index in [1.807, 2.05) is 45.9 Å². The fourth-order valence-electron chi connectivity index (χ4n) is 5.13. The van der Waals surface area contributed by atoms with E-state index in [0.717, 1.165) is 48.6 Å². The third kappa shape index (κ3) is 4.33. The number of hydrogen-bond acceptors (Lipinski definition) is 6. The van der Waals surface area contributed by atoms with Crippen molar-refractivity contribution in [1.82, 2.24) is 19.7 Å². The summed E-state index contributed by atoms with van der Waals surface area (Å²) in [7, 11) is 3.21. The summed E-state index contributed by atoms with van der Waals surface area (Å²) in [4.78, 5) is 15.2. The molecule has 36 heavy (non-hydrogen) atoms. The standard InChI is InChI=1S/C27H31ClN4O4/c1-16(2)26-29-30-27-22(15-23(33)31-12-5-6-13-31)36-24(18-8-7-9-21(34-3)25(18)35-4)19-14-17(28)10-11-20(19)32(26)27/h7-11,14,16,22,24H,5-6,12-13,15H2,1-4H3. The molecule has 1 aromatic heterocycles. The molecule has 0 N–H and O–H groups in total. The number of halogens is 1. The first kappa shape index (κ1) is 24.6. The number of amides is 1. The molecule has 2 unspecified atom stereocenters. The first-order valence-corrected chi connectivity index (χ1v) is 12.7. The zero-order valence-corrected chi connectivity index (χ0v) is 21.8. The third-order valence-electron chi connectivity index (χ3n) is 6.87. The normalized spacial score (nSPS) is 19.1. The Morgan fingerprint density at radius 3 is 2.58 bits per heavy atom. The molecule has 1 amide bonds. The maximum Gasteiger partial charge on any atom is 0.225 e. The van der Waals surface area contributed by atoms with Crippen LogP contribution in [-0.2, 0) is 9.53 Å². The van der Waals surface area contributed by atoms with Crippen LogP contribution in [0.5, 0.6) is 11.5 Å². The van der Waals surface area contributed by atoms with E-state index in [4.69, 9.17) is 25.8 Å². The molecule has 5 rings (SSSR count). The number of nitrogens with zero attached hydrogens (tertiary/aromatic N) is 4. The molecule has 2 atom stereocenters. The minimum absolute atomic E-state index is 0.0542. The van der Waals surface area contributed by atoms with E-state index < -0.39 is 12.2 Å². The van der Waals surface area contributed by atoms with E-state index in [2.05, 4.69) is 24.0 Å². The first-order chi connectivity index (χ1) is 17.4. The molecule has 3 aromatic rings. The molecule has 0 spiro atoms. The fraction of sp³-hybridized carbons (Fsp3) is 0.444. The number of methoxy groups -OCH3 is 2. The smallest absolute Gasteiger partial charge is 0.225 e. The highest BCUT2D eigenvalue weighted by atomic mass is 35.5. The lowest BCUT2D eigenvalue weighted by molar-refractivity contribution is -0.134. The molecular formula is C27H31ClN4O4. The van der Waals surface area contributed by atoms with Crippen molar-refractivity contribution in [3.63, 3.8) is 0 Å². The van der Waals surface area contributed by atoms with Gasteiger partial charge in [0.2, 0.25) is 5.91 Å². The maximum atomic E-state index is 13.3. The Balaban J connectivity index is 1.70. The van der Waals surface area contributed by atoms with E-state index in [1.165, 1.54) is 0 Å². The van der Waals surface area contributed by atoms with Crippen molar-refractivity contribution in [1.29, 1.82) is 0 Å². The molecule has 8 nitrogen and oxygen atoms in total. The minimum atomic E-state index is -0.620. The van der Waals surface area contributed by atoms with Crippen molar-refractivity contribution in [2.75, 3.05) is 27.3 Å². The number of rotatable bonds is 6. The van der Waals surface area contributed by atoms with Crippen molar-refractivity contribution < 1.29 is 19.0 Å². The summed E-state index contributed by atoms with van der Waals surface area (Å²) in [6, 6.07) is 11.4. The molecule has 0 bridgehead atoms. The third-order valence-corrected chi connectivity index (χ3v) is 7.10. The van der Waals surface area contributed by atoms with E-state index in [0.29, 0.717) is 22.3 Å². The summed E-state index contributed by atoms with van der Waals surface area (Å²) >= 11 is 6.51. The number of carbonyl (C=O) groups excluding carboxylic acids is 1. The Morgan fingerprint density at radius 1 is 1.11 bits per heavy atom. The largest absolute Gasteiger partial charge is 0.493 e. The minimum Gasteiger partial charge on any atom is -0.493 e. The van der Waals surface area contributed by atoms with Gasteiger partial charge in [0.05, 0.1) is 26.3 Å². The molecule has 0 aliphatic carbocycles. The number of aromatic nitrogens is 3. The lowest BCUT2D eigenvalue weighted by Gasteiger charge is -2.25. The number of benzene rings is 2. The van der Waals surface area contributed by atoms with Crippen molar-refractivity contribution in [2.24, 2.45) is 0 Å². The number of hydrogen-bond donors (Lipinski definition) is 0. The van der Waals surface area contributed by atoms with Gasteiger partial charge in [0.15, 0.2) is 17.3 Å². The molecular weight excluding hydrogens is 480 g/mol. The van der Waals surface area contributed by atoms with Crippen molar-refractivity contribution in [3.8, 4) is 17.2 Å². The van der Waals surface area contributed by atoms with Gasteiger partial charge in [-0.2, -0.15) is 0 Å². The van der Waals surface area contributed by atoms with Crippen LogP contribution in [-0.4, -0.2) is 52.9 Å². The van der Waals surface area contributed by atoms with Gasteiger partial charge in [-0.3, -0.25) is 9.36 Å². The molecule has 190 valence electrons. The number of carbonyl (C=O) groups is 1. The molecule has 3 heterocycles. The lowest BCUT2D eigenvalue weighted by Crippen LogP contribution is -2.30. The van der Waals surface area contributed by atoms with Crippen LogP contribution in [0.25, 0.3) is 5.69 Å². The number of likely N-dealkylation sites (tertiary alicyclic amines) is 1. The Kier molecular flexibility index (Phi) is 6.90. The van der Waals surface area contributed by atoms with Gasteiger partial charge < -0.3 is 19.1 Å². The molecule has 2 aliphatic rings. The summed E-state index contributed by atoms with van der Waals surface area (Å²) in [6.07, 6.45) is 1.02. The maximum absolute atomic E-state index is 13.3. The Bertz CT molecular complexity index is 1270. The molecule has 1 saturated heterocycles. The predicted octanol–water partition coefficient (Wildman–Crippen LogP) is 5.23. The van der Waals surface area contributed by atoms with Crippen LogP contribution >= 0.6 is 11.6 Å².